The molecule has 2 amide bonds. The van der Waals surface area contributed by atoms with Gasteiger partial charge in [0.2, 0.25) is 5.91 Å². The summed E-state index contributed by atoms with van der Waals surface area (Å²) in [5.74, 6) is -0.241. The third kappa shape index (κ3) is 7.55. The minimum Gasteiger partial charge on any atom is -0.444 e. The van der Waals surface area contributed by atoms with E-state index in [1.54, 1.807) is 44.0 Å². The lowest BCUT2D eigenvalue weighted by atomic mass is 10.2. The molecule has 1 aromatic carbocycles. The van der Waals surface area contributed by atoms with Gasteiger partial charge in [-0.25, -0.2) is 4.79 Å². The largest absolute Gasteiger partial charge is 0.444 e. The van der Waals surface area contributed by atoms with E-state index in [0.29, 0.717) is 23.1 Å². The summed E-state index contributed by atoms with van der Waals surface area (Å²) >= 11 is 12.1. The number of hydrogen-bond donors (Lipinski definition) is 0. The molecular weight excluding hydrogens is 413 g/mol. The van der Waals surface area contributed by atoms with Gasteiger partial charge in [0, 0.05) is 19.8 Å². The van der Waals surface area contributed by atoms with Crippen molar-refractivity contribution in [2.24, 2.45) is 0 Å². The first-order chi connectivity index (χ1) is 13.5. The van der Waals surface area contributed by atoms with Gasteiger partial charge in [-0.1, -0.05) is 35.3 Å². The van der Waals surface area contributed by atoms with E-state index >= 15 is 0 Å². The van der Waals surface area contributed by atoms with Crippen LogP contribution in [-0.4, -0.2) is 46.0 Å². The first-order valence-electron chi connectivity index (χ1n) is 9.11. The number of halogens is 2. The van der Waals surface area contributed by atoms with Crippen molar-refractivity contribution in [2.45, 2.75) is 39.5 Å². The molecule has 0 aliphatic rings. The number of hydrogen-bond acceptors (Lipinski definition) is 4. The van der Waals surface area contributed by atoms with Crippen molar-refractivity contribution >= 4 is 35.2 Å². The Labute approximate surface area is 181 Å². The molecule has 29 heavy (non-hydrogen) atoms. The highest BCUT2D eigenvalue weighted by molar-refractivity contribution is 6.42. The van der Waals surface area contributed by atoms with Crippen LogP contribution in [0, 0.1) is 0 Å². The Morgan fingerprint density at radius 3 is 2.38 bits per heavy atom. The number of rotatable bonds is 6. The molecule has 0 spiro atoms. The average Bonchev–Trinajstić information content (AvgIpc) is 2.63. The lowest BCUT2D eigenvalue weighted by molar-refractivity contribution is -0.133. The molecule has 2 rings (SSSR count). The number of amides is 2. The standard InChI is InChI=1S/C21H25Cl2N3O3/c1-21(2,3)29-20(28)25(4)14-19(27)26(13-16-7-5-6-10-24-16)12-15-8-9-17(22)18(23)11-15/h5-11H,12-14H2,1-4H3. The summed E-state index contributed by atoms with van der Waals surface area (Å²) in [6.07, 6.45) is 1.11. The Kier molecular flexibility index (Phi) is 7.88. The summed E-state index contributed by atoms with van der Waals surface area (Å²) in [5, 5.41) is 0.864. The highest BCUT2D eigenvalue weighted by Gasteiger charge is 2.24. The zero-order chi connectivity index (χ0) is 21.6. The predicted molar refractivity (Wildman–Crippen MR) is 114 cm³/mol. The molecule has 0 unspecified atom stereocenters. The maximum atomic E-state index is 13.0. The minimum absolute atomic E-state index is 0.122. The van der Waals surface area contributed by atoms with Crippen LogP contribution in [0.5, 0.6) is 0 Å². The normalized spacial score (nSPS) is 11.1. The number of ether oxygens (including phenoxy) is 1. The molecule has 0 aliphatic carbocycles. The average molecular weight is 438 g/mol. The third-order valence-electron chi connectivity index (χ3n) is 3.87. The van der Waals surface area contributed by atoms with E-state index in [1.165, 1.54) is 11.9 Å². The second-order valence-electron chi connectivity index (χ2n) is 7.66. The van der Waals surface area contributed by atoms with Crippen molar-refractivity contribution in [2.75, 3.05) is 13.6 Å². The summed E-state index contributed by atoms with van der Waals surface area (Å²) in [6, 6.07) is 10.7. The topological polar surface area (TPSA) is 62.7 Å². The molecule has 1 aromatic heterocycles. The maximum absolute atomic E-state index is 13.0. The number of aromatic nitrogens is 1. The first kappa shape index (κ1) is 23.0. The fourth-order valence-electron chi connectivity index (χ4n) is 2.49. The second kappa shape index (κ2) is 9.94. The summed E-state index contributed by atoms with van der Waals surface area (Å²) in [6.45, 7) is 5.80. The lowest BCUT2D eigenvalue weighted by Crippen LogP contribution is -2.42. The van der Waals surface area contributed by atoms with Gasteiger partial charge in [0.15, 0.2) is 0 Å². The van der Waals surface area contributed by atoms with Crippen molar-refractivity contribution in [1.82, 2.24) is 14.8 Å². The Morgan fingerprint density at radius 1 is 1.07 bits per heavy atom. The van der Waals surface area contributed by atoms with Gasteiger partial charge in [-0.15, -0.1) is 0 Å². The van der Waals surface area contributed by atoms with E-state index in [0.717, 1.165) is 11.3 Å². The summed E-state index contributed by atoms with van der Waals surface area (Å²) in [5.41, 5.74) is 0.923. The smallest absolute Gasteiger partial charge is 0.410 e. The molecule has 0 saturated heterocycles. The van der Waals surface area contributed by atoms with Crippen molar-refractivity contribution < 1.29 is 14.3 Å². The zero-order valence-corrected chi connectivity index (χ0v) is 18.5. The molecule has 2 aromatic rings. The van der Waals surface area contributed by atoms with Crippen molar-refractivity contribution in [1.29, 1.82) is 0 Å². The van der Waals surface area contributed by atoms with Gasteiger partial charge in [-0.2, -0.15) is 0 Å². The Balaban J connectivity index is 2.15. The number of likely N-dealkylation sites (N-methyl/N-ethyl adjacent to an activating group) is 1. The number of carbonyl (C=O) groups excluding carboxylic acids is 2. The van der Waals surface area contributed by atoms with Gasteiger partial charge in [-0.3, -0.25) is 9.78 Å². The molecule has 0 aliphatic heterocycles. The summed E-state index contributed by atoms with van der Waals surface area (Å²) < 4.78 is 5.32. The molecule has 8 heteroatoms. The molecule has 0 N–H and O–H groups in total. The zero-order valence-electron chi connectivity index (χ0n) is 17.0. The van der Waals surface area contributed by atoms with Crippen molar-refractivity contribution in [3.63, 3.8) is 0 Å². The molecule has 156 valence electrons. The molecule has 6 nitrogen and oxygen atoms in total. The fraction of sp³-hybridized carbons (Fsp3) is 0.381. The molecule has 0 saturated carbocycles. The second-order valence-corrected chi connectivity index (χ2v) is 8.47. The van der Waals surface area contributed by atoms with Gasteiger partial charge in [0.1, 0.15) is 12.1 Å². The van der Waals surface area contributed by atoms with Crippen LogP contribution in [-0.2, 0) is 22.6 Å². The number of nitrogens with zero attached hydrogens (tertiary/aromatic N) is 3. The SMILES string of the molecule is CN(CC(=O)N(Cc1ccc(Cl)c(Cl)c1)Cc1ccccn1)C(=O)OC(C)(C)C. The highest BCUT2D eigenvalue weighted by atomic mass is 35.5. The van der Waals surface area contributed by atoms with Crippen LogP contribution in [0.4, 0.5) is 4.79 Å². The van der Waals surface area contributed by atoms with E-state index in [1.807, 2.05) is 24.3 Å². The van der Waals surface area contributed by atoms with E-state index in [4.69, 9.17) is 27.9 Å². The third-order valence-corrected chi connectivity index (χ3v) is 4.61. The van der Waals surface area contributed by atoms with E-state index < -0.39 is 11.7 Å². The van der Waals surface area contributed by atoms with Crippen LogP contribution in [0.3, 0.4) is 0 Å². The van der Waals surface area contributed by atoms with E-state index in [9.17, 15) is 9.59 Å². The van der Waals surface area contributed by atoms with Crippen LogP contribution in [0.15, 0.2) is 42.6 Å². The maximum Gasteiger partial charge on any atom is 0.410 e. The Hall–Kier alpha value is -2.31. The van der Waals surface area contributed by atoms with Crippen LogP contribution in [0.25, 0.3) is 0 Å². The van der Waals surface area contributed by atoms with Crippen LogP contribution in [0.1, 0.15) is 32.0 Å². The highest BCUT2D eigenvalue weighted by Crippen LogP contribution is 2.23. The van der Waals surface area contributed by atoms with Gasteiger partial charge >= 0.3 is 6.09 Å². The molecule has 0 bridgehead atoms. The fourth-order valence-corrected chi connectivity index (χ4v) is 2.81. The molecular formula is C21H25Cl2N3O3. The van der Waals surface area contributed by atoms with Crippen LogP contribution in [0.2, 0.25) is 10.0 Å². The monoisotopic (exact) mass is 437 g/mol. The quantitative estimate of drug-likeness (QED) is 0.651. The van der Waals surface area contributed by atoms with Gasteiger partial charge < -0.3 is 14.5 Å². The van der Waals surface area contributed by atoms with Gasteiger partial charge in [0.25, 0.3) is 0 Å². The van der Waals surface area contributed by atoms with E-state index in [2.05, 4.69) is 4.98 Å². The van der Waals surface area contributed by atoms with Gasteiger partial charge in [0.05, 0.1) is 22.3 Å². The lowest BCUT2D eigenvalue weighted by Gasteiger charge is -2.27. The minimum atomic E-state index is -0.637. The number of carbonyl (C=O) groups is 2. The number of benzene rings is 1. The van der Waals surface area contributed by atoms with Crippen molar-refractivity contribution in [3.05, 3.63) is 63.9 Å². The van der Waals surface area contributed by atoms with Crippen LogP contribution < -0.4 is 0 Å². The molecule has 0 radical (unpaired) electrons. The molecule has 1 heterocycles. The summed E-state index contributed by atoms with van der Waals surface area (Å²) in [4.78, 5) is 32.3. The first-order valence-corrected chi connectivity index (χ1v) is 9.86. The van der Waals surface area contributed by atoms with Crippen molar-refractivity contribution in [3.8, 4) is 0 Å². The molecule has 0 fully saturated rings. The molecule has 0 atom stereocenters. The Morgan fingerprint density at radius 2 is 1.79 bits per heavy atom. The van der Waals surface area contributed by atoms with Crippen LogP contribution >= 0.6 is 23.2 Å². The predicted octanol–water partition coefficient (Wildman–Crippen LogP) is 4.78. The Bertz CT molecular complexity index is 854. The van der Waals surface area contributed by atoms with E-state index in [-0.39, 0.29) is 12.5 Å². The summed E-state index contributed by atoms with van der Waals surface area (Å²) in [7, 11) is 1.53. The number of pyridine rings is 1. The van der Waals surface area contributed by atoms with Gasteiger partial charge in [-0.05, 0) is 50.6 Å².